The molecule has 1 saturated heterocycles. The average molecular weight is 377 g/mol. The number of hydrogen-bond acceptors (Lipinski definition) is 4. The Morgan fingerprint density at radius 2 is 1.86 bits per heavy atom. The summed E-state index contributed by atoms with van der Waals surface area (Å²) < 4.78 is 5.91. The largest absolute Gasteiger partial charge is 0.372 e. The van der Waals surface area contributed by atoms with Gasteiger partial charge < -0.3 is 14.5 Å². The van der Waals surface area contributed by atoms with Crippen molar-refractivity contribution in [3.8, 4) is 0 Å². The first-order valence-electron chi connectivity index (χ1n) is 10.2. The smallest absolute Gasteiger partial charge is 0.0726 e. The Bertz CT molecular complexity index is 987. The second-order valence-corrected chi connectivity index (χ2v) is 8.51. The standard InChI is InChI=1S/C23H28N4O/c1-15-11-27(12-16(2)28-15)20-5-6-21-19(9-20)13-26(3)14-22(21)17-4-7-23-18(8-17)10-24-25-23/h4-10,15-16,22H,11-14H2,1-3H3,(H,24,25). The summed E-state index contributed by atoms with van der Waals surface area (Å²) in [7, 11) is 2.22. The van der Waals surface area contributed by atoms with Crippen molar-refractivity contribution in [1.82, 2.24) is 15.1 Å². The molecule has 0 bridgehead atoms. The van der Waals surface area contributed by atoms with Gasteiger partial charge in [-0.15, -0.1) is 0 Å². The second-order valence-electron chi connectivity index (χ2n) is 8.51. The highest BCUT2D eigenvalue weighted by molar-refractivity contribution is 5.79. The SMILES string of the molecule is CC1CN(c2ccc3c(c2)CN(C)CC3c2ccc3[nH]ncc3c2)CC(C)O1. The van der Waals surface area contributed by atoms with Gasteiger partial charge in [0.05, 0.1) is 23.9 Å². The van der Waals surface area contributed by atoms with Gasteiger partial charge in [-0.3, -0.25) is 5.10 Å². The summed E-state index contributed by atoms with van der Waals surface area (Å²) in [6.45, 7) is 8.29. The fourth-order valence-electron chi connectivity index (χ4n) is 4.88. The molecule has 0 amide bonds. The van der Waals surface area contributed by atoms with Crippen LogP contribution in [0, 0.1) is 0 Å². The second kappa shape index (κ2) is 6.90. The number of H-pyrrole nitrogens is 1. The third kappa shape index (κ3) is 3.19. The van der Waals surface area contributed by atoms with Gasteiger partial charge in [0.15, 0.2) is 0 Å². The Hall–Kier alpha value is -2.37. The Kier molecular flexibility index (Phi) is 4.37. The quantitative estimate of drug-likeness (QED) is 0.740. The average Bonchev–Trinajstić information content (AvgIpc) is 3.13. The Morgan fingerprint density at radius 3 is 2.68 bits per heavy atom. The molecule has 1 aromatic heterocycles. The van der Waals surface area contributed by atoms with Crippen LogP contribution in [0.25, 0.3) is 10.9 Å². The molecular weight excluding hydrogens is 348 g/mol. The molecule has 0 saturated carbocycles. The van der Waals surface area contributed by atoms with Crippen LogP contribution in [0.15, 0.2) is 42.6 Å². The molecule has 2 aliphatic rings. The molecular formula is C23H28N4O. The summed E-state index contributed by atoms with van der Waals surface area (Å²) in [6, 6.07) is 13.7. The highest BCUT2D eigenvalue weighted by Gasteiger charge is 2.27. The van der Waals surface area contributed by atoms with Crippen molar-refractivity contribution >= 4 is 16.6 Å². The predicted octanol–water partition coefficient (Wildman–Crippen LogP) is 3.75. The number of fused-ring (bicyclic) bond motifs is 2. The monoisotopic (exact) mass is 376 g/mol. The minimum absolute atomic E-state index is 0.275. The molecule has 2 aromatic carbocycles. The third-order valence-electron chi connectivity index (χ3n) is 6.09. The van der Waals surface area contributed by atoms with Crippen molar-refractivity contribution in [3.05, 3.63) is 59.3 Å². The minimum atomic E-state index is 0.275. The first-order valence-corrected chi connectivity index (χ1v) is 10.2. The molecule has 146 valence electrons. The number of aromatic nitrogens is 2. The summed E-state index contributed by atoms with van der Waals surface area (Å²) in [5.41, 5.74) is 6.68. The van der Waals surface area contributed by atoms with Crippen molar-refractivity contribution in [2.45, 2.75) is 38.5 Å². The van der Waals surface area contributed by atoms with Crippen LogP contribution in [0.5, 0.6) is 0 Å². The van der Waals surface area contributed by atoms with Crippen LogP contribution in [0.4, 0.5) is 5.69 Å². The van der Waals surface area contributed by atoms with Crippen molar-refractivity contribution < 1.29 is 4.74 Å². The molecule has 3 atom stereocenters. The van der Waals surface area contributed by atoms with Gasteiger partial charge in [-0.25, -0.2) is 0 Å². The van der Waals surface area contributed by atoms with Crippen LogP contribution in [0.3, 0.4) is 0 Å². The van der Waals surface area contributed by atoms with E-state index in [1.54, 1.807) is 0 Å². The fraction of sp³-hybridized carbons (Fsp3) is 0.435. The topological polar surface area (TPSA) is 44.4 Å². The van der Waals surface area contributed by atoms with Crippen LogP contribution in [0.2, 0.25) is 0 Å². The van der Waals surface area contributed by atoms with Crippen molar-refractivity contribution in [3.63, 3.8) is 0 Å². The normalized spacial score (nSPS) is 25.8. The number of morpholine rings is 1. The maximum Gasteiger partial charge on any atom is 0.0726 e. The molecule has 5 rings (SSSR count). The van der Waals surface area contributed by atoms with Gasteiger partial charge in [-0.1, -0.05) is 12.1 Å². The first-order chi connectivity index (χ1) is 13.6. The van der Waals surface area contributed by atoms with E-state index >= 15 is 0 Å². The number of rotatable bonds is 2. The molecule has 3 aromatic rings. The number of likely N-dealkylation sites (N-methyl/N-ethyl adjacent to an activating group) is 1. The zero-order valence-corrected chi connectivity index (χ0v) is 16.9. The summed E-state index contributed by atoms with van der Waals surface area (Å²) in [6.07, 6.45) is 2.46. The number of nitrogens with one attached hydrogen (secondary N) is 1. The Balaban J connectivity index is 1.50. The number of hydrogen-bond donors (Lipinski definition) is 1. The molecule has 5 heteroatoms. The summed E-state index contributed by atoms with van der Waals surface area (Å²) in [5.74, 6) is 0.393. The molecule has 28 heavy (non-hydrogen) atoms. The lowest BCUT2D eigenvalue weighted by Crippen LogP contribution is -2.45. The van der Waals surface area contributed by atoms with Crippen LogP contribution in [0.1, 0.15) is 36.5 Å². The van der Waals surface area contributed by atoms with E-state index in [1.807, 2.05) is 6.20 Å². The lowest BCUT2D eigenvalue weighted by Gasteiger charge is -2.38. The molecule has 5 nitrogen and oxygen atoms in total. The van der Waals surface area contributed by atoms with Crippen LogP contribution in [-0.4, -0.2) is 54.0 Å². The van der Waals surface area contributed by atoms with E-state index in [4.69, 9.17) is 4.74 Å². The van der Waals surface area contributed by atoms with Gasteiger partial charge >= 0.3 is 0 Å². The predicted molar refractivity (Wildman–Crippen MR) is 113 cm³/mol. The summed E-state index contributed by atoms with van der Waals surface area (Å²) in [5, 5.41) is 8.40. The molecule has 3 heterocycles. The zero-order valence-electron chi connectivity index (χ0n) is 16.9. The summed E-state index contributed by atoms with van der Waals surface area (Å²) >= 11 is 0. The highest BCUT2D eigenvalue weighted by Crippen LogP contribution is 2.36. The molecule has 2 aliphatic heterocycles. The molecule has 0 aliphatic carbocycles. The van der Waals surface area contributed by atoms with Crippen molar-refractivity contribution in [1.29, 1.82) is 0 Å². The Labute approximate surface area is 166 Å². The first kappa shape index (κ1) is 17.7. The molecule has 0 radical (unpaired) electrons. The van der Waals surface area contributed by atoms with Gasteiger partial charge in [-0.2, -0.15) is 5.10 Å². The number of nitrogens with zero attached hydrogens (tertiary/aromatic N) is 3. The maximum atomic E-state index is 5.91. The van der Waals surface area contributed by atoms with Gasteiger partial charge in [-0.05, 0) is 61.9 Å². The van der Waals surface area contributed by atoms with Crippen LogP contribution < -0.4 is 4.90 Å². The van der Waals surface area contributed by atoms with E-state index < -0.39 is 0 Å². The van der Waals surface area contributed by atoms with E-state index in [0.717, 1.165) is 31.7 Å². The van der Waals surface area contributed by atoms with Gasteiger partial charge in [0.2, 0.25) is 0 Å². The highest BCUT2D eigenvalue weighted by atomic mass is 16.5. The van der Waals surface area contributed by atoms with E-state index in [1.165, 1.54) is 27.8 Å². The minimum Gasteiger partial charge on any atom is -0.372 e. The lowest BCUT2D eigenvalue weighted by molar-refractivity contribution is -0.00522. The number of benzene rings is 2. The van der Waals surface area contributed by atoms with Crippen LogP contribution >= 0.6 is 0 Å². The number of aromatic amines is 1. The van der Waals surface area contributed by atoms with Crippen molar-refractivity contribution in [2.75, 3.05) is 31.6 Å². The molecule has 1 fully saturated rings. The number of anilines is 1. The van der Waals surface area contributed by atoms with E-state index in [-0.39, 0.29) is 12.2 Å². The maximum absolute atomic E-state index is 5.91. The van der Waals surface area contributed by atoms with E-state index in [0.29, 0.717) is 5.92 Å². The molecule has 3 unspecified atom stereocenters. The van der Waals surface area contributed by atoms with E-state index in [9.17, 15) is 0 Å². The fourth-order valence-corrected chi connectivity index (χ4v) is 4.88. The lowest BCUT2D eigenvalue weighted by atomic mass is 9.84. The summed E-state index contributed by atoms with van der Waals surface area (Å²) in [4.78, 5) is 4.90. The van der Waals surface area contributed by atoms with Gasteiger partial charge in [0.1, 0.15) is 0 Å². The van der Waals surface area contributed by atoms with E-state index in [2.05, 4.69) is 77.3 Å². The molecule has 1 N–H and O–H groups in total. The van der Waals surface area contributed by atoms with Gasteiger partial charge in [0, 0.05) is 43.2 Å². The number of ether oxygens (including phenoxy) is 1. The van der Waals surface area contributed by atoms with Crippen molar-refractivity contribution in [2.24, 2.45) is 0 Å². The Morgan fingerprint density at radius 1 is 1.04 bits per heavy atom. The van der Waals surface area contributed by atoms with Crippen LogP contribution in [-0.2, 0) is 11.3 Å². The van der Waals surface area contributed by atoms with Gasteiger partial charge in [0.25, 0.3) is 0 Å². The zero-order chi connectivity index (χ0) is 19.3. The third-order valence-corrected chi connectivity index (χ3v) is 6.09. The molecule has 0 spiro atoms.